The third-order valence-corrected chi connectivity index (χ3v) is 4.78. The molecule has 1 saturated carbocycles. The Balaban J connectivity index is 1.86. The van der Waals surface area contributed by atoms with Gasteiger partial charge in [0.15, 0.2) is 0 Å². The van der Waals surface area contributed by atoms with E-state index in [1.807, 2.05) is 30.0 Å². The fourth-order valence-corrected chi connectivity index (χ4v) is 3.33. The van der Waals surface area contributed by atoms with Crippen LogP contribution in [0.5, 0.6) is 0 Å². The van der Waals surface area contributed by atoms with Crippen LogP contribution in [-0.4, -0.2) is 29.8 Å². The molecule has 0 unspecified atom stereocenters. The Hall–Kier alpha value is -2.10. The largest absolute Gasteiger partial charge is 0.352 e. The third-order valence-electron chi connectivity index (χ3n) is 4.78. The van der Waals surface area contributed by atoms with Crippen molar-refractivity contribution in [3.63, 3.8) is 0 Å². The maximum atomic E-state index is 12.8. The van der Waals surface area contributed by atoms with Crippen LogP contribution >= 0.6 is 0 Å². The molecular formula is C20H28N2O2. The first kappa shape index (κ1) is 18.2. The summed E-state index contributed by atoms with van der Waals surface area (Å²) in [6.45, 7) is 7.52. The minimum Gasteiger partial charge on any atom is -0.352 e. The SMILES string of the molecule is C=CCNC(=O)C1CCC(C(=O)N(CC)Cc2ccccc2)CC1. The number of benzene rings is 1. The van der Waals surface area contributed by atoms with Gasteiger partial charge in [-0.2, -0.15) is 0 Å². The number of nitrogens with one attached hydrogen (secondary N) is 1. The number of rotatable bonds is 7. The van der Waals surface area contributed by atoms with Gasteiger partial charge in [0.1, 0.15) is 0 Å². The second-order valence-corrected chi connectivity index (χ2v) is 6.42. The molecule has 0 heterocycles. The number of carbonyl (C=O) groups excluding carboxylic acids is 2. The average Bonchev–Trinajstić information content (AvgIpc) is 2.64. The summed E-state index contributed by atoms with van der Waals surface area (Å²) >= 11 is 0. The topological polar surface area (TPSA) is 49.4 Å². The maximum absolute atomic E-state index is 12.8. The predicted molar refractivity (Wildman–Crippen MR) is 96.2 cm³/mol. The fraction of sp³-hybridized carbons (Fsp3) is 0.500. The zero-order chi connectivity index (χ0) is 17.4. The van der Waals surface area contributed by atoms with Gasteiger partial charge in [-0.05, 0) is 38.2 Å². The second kappa shape index (κ2) is 9.26. The lowest BCUT2D eigenvalue weighted by Gasteiger charge is -2.31. The van der Waals surface area contributed by atoms with Gasteiger partial charge in [-0.3, -0.25) is 9.59 Å². The van der Waals surface area contributed by atoms with E-state index in [0.717, 1.165) is 31.2 Å². The van der Waals surface area contributed by atoms with Crippen molar-refractivity contribution < 1.29 is 9.59 Å². The zero-order valence-electron chi connectivity index (χ0n) is 14.5. The van der Waals surface area contributed by atoms with Crippen LogP contribution in [0.25, 0.3) is 0 Å². The van der Waals surface area contributed by atoms with Crippen LogP contribution in [0.2, 0.25) is 0 Å². The van der Waals surface area contributed by atoms with E-state index in [1.165, 1.54) is 0 Å². The molecule has 0 saturated heterocycles. The molecule has 1 aliphatic carbocycles. The minimum atomic E-state index is 0.0400. The Morgan fingerprint density at radius 1 is 1.17 bits per heavy atom. The van der Waals surface area contributed by atoms with E-state index in [9.17, 15) is 9.59 Å². The van der Waals surface area contributed by atoms with Gasteiger partial charge in [0.2, 0.25) is 11.8 Å². The summed E-state index contributed by atoms with van der Waals surface area (Å²) in [7, 11) is 0. The van der Waals surface area contributed by atoms with Gasteiger partial charge in [-0.25, -0.2) is 0 Å². The van der Waals surface area contributed by atoms with Crippen LogP contribution < -0.4 is 5.32 Å². The van der Waals surface area contributed by atoms with Crippen LogP contribution in [0.4, 0.5) is 0 Å². The number of hydrogen-bond acceptors (Lipinski definition) is 2. The molecule has 4 heteroatoms. The Kier molecular flexibility index (Phi) is 7.04. The van der Waals surface area contributed by atoms with E-state index in [2.05, 4.69) is 24.0 Å². The van der Waals surface area contributed by atoms with Crippen molar-refractivity contribution in [2.75, 3.05) is 13.1 Å². The molecule has 1 aromatic carbocycles. The molecule has 1 N–H and O–H groups in total. The Bertz CT molecular complexity index is 548. The van der Waals surface area contributed by atoms with Crippen LogP contribution in [0.3, 0.4) is 0 Å². The molecule has 1 aromatic rings. The first-order valence-electron chi connectivity index (χ1n) is 8.87. The summed E-state index contributed by atoms with van der Waals surface area (Å²) in [5, 5.41) is 2.86. The molecule has 1 fully saturated rings. The first-order chi connectivity index (χ1) is 11.7. The van der Waals surface area contributed by atoms with Crippen molar-refractivity contribution in [3.8, 4) is 0 Å². The summed E-state index contributed by atoms with van der Waals surface area (Å²) in [6, 6.07) is 10.1. The first-order valence-corrected chi connectivity index (χ1v) is 8.87. The molecule has 2 amide bonds. The Morgan fingerprint density at radius 2 is 1.79 bits per heavy atom. The molecule has 0 bridgehead atoms. The van der Waals surface area contributed by atoms with E-state index in [0.29, 0.717) is 19.6 Å². The maximum Gasteiger partial charge on any atom is 0.225 e. The molecule has 0 aliphatic heterocycles. The van der Waals surface area contributed by atoms with Crippen molar-refractivity contribution >= 4 is 11.8 Å². The molecule has 0 atom stereocenters. The number of nitrogens with zero attached hydrogens (tertiary/aromatic N) is 1. The summed E-state index contributed by atoms with van der Waals surface area (Å²) in [6.07, 6.45) is 4.88. The quantitative estimate of drug-likeness (QED) is 0.782. The summed E-state index contributed by atoms with van der Waals surface area (Å²) in [5.74, 6) is 0.416. The van der Waals surface area contributed by atoms with Gasteiger partial charge >= 0.3 is 0 Å². The van der Waals surface area contributed by atoms with Crippen molar-refractivity contribution in [1.82, 2.24) is 10.2 Å². The zero-order valence-corrected chi connectivity index (χ0v) is 14.5. The van der Waals surface area contributed by atoms with E-state index < -0.39 is 0 Å². The fourth-order valence-electron chi connectivity index (χ4n) is 3.33. The van der Waals surface area contributed by atoms with Gasteiger partial charge in [-0.1, -0.05) is 36.4 Å². The van der Waals surface area contributed by atoms with Crippen molar-refractivity contribution in [3.05, 3.63) is 48.6 Å². The van der Waals surface area contributed by atoms with Crippen molar-refractivity contribution in [1.29, 1.82) is 0 Å². The summed E-state index contributed by atoms with van der Waals surface area (Å²) in [4.78, 5) is 26.7. The molecule has 4 nitrogen and oxygen atoms in total. The van der Waals surface area contributed by atoms with Crippen LogP contribution in [0, 0.1) is 11.8 Å². The second-order valence-electron chi connectivity index (χ2n) is 6.42. The lowest BCUT2D eigenvalue weighted by molar-refractivity contribution is -0.138. The van der Waals surface area contributed by atoms with Crippen molar-refractivity contribution in [2.24, 2.45) is 11.8 Å². The molecule has 2 rings (SSSR count). The number of hydrogen-bond donors (Lipinski definition) is 1. The average molecular weight is 328 g/mol. The summed E-state index contributed by atoms with van der Waals surface area (Å²) < 4.78 is 0. The van der Waals surface area contributed by atoms with Crippen LogP contribution in [0.15, 0.2) is 43.0 Å². The molecule has 0 radical (unpaired) electrons. The Morgan fingerprint density at radius 3 is 2.38 bits per heavy atom. The molecule has 1 aliphatic rings. The van der Waals surface area contributed by atoms with Crippen LogP contribution in [0.1, 0.15) is 38.2 Å². The summed E-state index contributed by atoms with van der Waals surface area (Å²) in [5.41, 5.74) is 1.16. The molecule has 0 spiro atoms. The molecule has 24 heavy (non-hydrogen) atoms. The van der Waals surface area contributed by atoms with Gasteiger partial charge in [-0.15, -0.1) is 6.58 Å². The van der Waals surface area contributed by atoms with E-state index >= 15 is 0 Å². The van der Waals surface area contributed by atoms with E-state index in [4.69, 9.17) is 0 Å². The predicted octanol–water partition coefficient (Wildman–Crippen LogP) is 3.14. The third kappa shape index (κ3) is 4.95. The monoisotopic (exact) mass is 328 g/mol. The molecule has 0 aromatic heterocycles. The standard InChI is InChI=1S/C20H28N2O2/c1-3-14-21-19(23)17-10-12-18(13-11-17)20(24)22(4-2)15-16-8-6-5-7-9-16/h3,5-9,17-18H,1,4,10-15H2,2H3,(H,21,23). The van der Waals surface area contributed by atoms with Gasteiger partial charge in [0, 0.05) is 31.5 Å². The number of carbonyl (C=O) groups is 2. The van der Waals surface area contributed by atoms with E-state index in [-0.39, 0.29) is 23.7 Å². The smallest absolute Gasteiger partial charge is 0.225 e. The van der Waals surface area contributed by atoms with Gasteiger partial charge < -0.3 is 10.2 Å². The molecule has 130 valence electrons. The highest BCUT2D eigenvalue weighted by molar-refractivity contribution is 5.81. The highest BCUT2D eigenvalue weighted by Crippen LogP contribution is 2.30. The normalized spacial score (nSPS) is 20.2. The lowest BCUT2D eigenvalue weighted by Crippen LogP contribution is -2.39. The van der Waals surface area contributed by atoms with Crippen LogP contribution in [-0.2, 0) is 16.1 Å². The molecular weight excluding hydrogens is 300 g/mol. The van der Waals surface area contributed by atoms with E-state index in [1.54, 1.807) is 6.08 Å². The number of amides is 2. The highest BCUT2D eigenvalue weighted by Gasteiger charge is 2.31. The minimum absolute atomic E-state index is 0.0400. The highest BCUT2D eigenvalue weighted by atomic mass is 16.2. The van der Waals surface area contributed by atoms with Gasteiger partial charge in [0.05, 0.1) is 0 Å². The Labute approximate surface area is 144 Å². The van der Waals surface area contributed by atoms with Gasteiger partial charge in [0.25, 0.3) is 0 Å². The van der Waals surface area contributed by atoms with Crippen molar-refractivity contribution in [2.45, 2.75) is 39.2 Å². The lowest BCUT2D eigenvalue weighted by atomic mass is 9.81.